The van der Waals surface area contributed by atoms with E-state index in [1.165, 1.54) is 0 Å². The molecule has 0 saturated heterocycles. The number of hydrogen-bond donors (Lipinski definition) is 2. The van der Waals surface area contributed by atoms with Gasteiger partial charge in [0.05, 0.1) is 13.2 Å². The maximum atomic E-state index is 12.7. The van der Waals surface area contributed by atoms with E-state index >= 15 is 0 Å². The first-order valence-electron chi connectivity index (χ1n) is 9.96. The second-order valence-electron chi connectivity index (χ2n) is 7.09. The van der Waals surface area contributed by atoms with Gasteiger partial charge in [-0.05, 0) is 44.0 Å². The summed E-state index contributed by atoms with van der Waals surface area (Å²) < 4.78 is 21.9. The van der Waals surface area contributed by atoms with Crippen LogP contribution in [0.2, 0.25) is 5.02 Å². The topological polar surface area (TPSA) is 131 Å². The Morgan fingerprint density at radius 1 is 0.969 bits per heavy atom. The first-order chi connectivity index (χ1) is 15.3. The summed E-state index contributed by atoms with van der Waals surface area (Å²) in [4.78, 5) is 25.3. The van der Waals surface area contributed by atoms with E-state index in [1.807, 2.05) is 19.1 Å². The van der Waals surface area contributed by atoms with Crippen molar-refractivity contribution in [2.24, 2.45) is 0 Å². The molecule has 0 fully saturated rings. The molecule has 0 aliphatic carbocycles. The van der Waals surface area contributed by atoms with Crippen molar-refractivity contribution < 1.29 is 27.9 Å². The molecule has 32 heavy (non-hydrogen) atoms. The average Bonchev–Trinajstić information content (AvgIpc) is 3.23. The van der Waals surface area contributed by atoms with E-state index in [0.717, 1.165) is 5.56 Å². The average molecular weight is 457 g/mol. The summed E-state index contributed by atoms with van der Waals surface area (Å²) in [6.07, 6.45) is 0. The fourth-order valence-corrected chi connectivity index (χ4v) is 3.87. The fraction of sp³-hybridized carbons (Fsp3) is 0.217. The highest BCUT2D eigenvalue weighted by Crippen LogP contribution is 2.45. The van der Waals surface area contributed by atoms with Gasteiger partial charge in [-0.1, -0.05) is 23.7 Å². The Morgan fingerprint density at radius 2 is 1.59 bits per heavy atom. The molecule has 2 aromatic carbocycles. The minimum atomic E-state index is -0.646. The maximum absolute atomic E-state index is 12.7. The minimum absolute atomic E-state index is 0.0584. The first-order valence-corrected chi connectivity index (χ1v) is 10.3. The van der Waals surface area contributed by atoms with Gasteiger partial charge in [-0.3, -0.25) is 0 Å². The largest absolute Gasteiger partial charge is 0.462 e. The number of benzene rings is 2. The van der Waals surface area contributed by atoms with Gasteiger partial charge in [0.1, 0.15) is 22.3 Å². The molecule has 0 bridgehead atoms. The smallest absolute Gasteiger partial charge is 0.344 e. The van der Waals surface area contributed by atoms with Crippen LogP contribution in [0.3, 0.4) is 0 Å². The number of rotatable bonds is 5. The summed E-state index contributed by atoms with van der Waals surface area (Å²) in [7, 11) is 0. The summed E-state index contributed by atoms with van der Waals surface area (Å²) >= 11 is 6.38. The maximum Gasteiger partial charge on any atom is 0.344 e. The van der Waals surface area contributed by atoms with Crippen LogP contribution in [0.25, 0.3) is 33.1 Å². The molecule has 0 amide bonds. The molecule has 2 heterocycles. The Kier molecular flexibility index (Phi) is 5.48. The number of carbonyl (C=O) groups is 2. The predicted molar refractivity (Wildman–Crippen MR) is 122 cm³/mol. The molecule has 2 aromatic heterocycles. The zero-order valence-electron chi connectivity index (χ0n) is 17.7. The number of fused-ring (bicyclic) bond motifs is 2. The van der Waals surface area contributed by atoms with Crippen molar-refractivity contribution in [3.05, 3.63) is 46.0 Å². The second-order valence-corrected chi connectivity index (χ2v) is 7.50. The lowest BCUT2D eigenvalue weighted by atomic mass is 9.95. The van der Waals surface area contributed by atoms with E-state index in [4.69, 9.17) is 41.4 Å². The van der Waals surface area contributed by atoms with E-state index in [1.54, 1.807) is 26.0 Å². The quantitative estimate of drug-likeness (QED) is 0.385. The summed E-state index contributed by atoms with van der Waals surface area (Å²) in [5, 5.41) is 1.24. The van der Waals surface area contributed by atoms with E-state index in [0.29, 0.717) is 26.9 Å². The molecule has 0 radical (unpaired) electrons. The highest BCUT2D eigenvalue weighted by atomic mass is 35.5. The number of halogens is 1. The molecule has 4 rings (SSSR count). The van der Waals surface area contributed by atoms with Crippen LogP contribution in [0.5, 0.6) is 0 Å². The van der Waals surface area contributed by atoms with Gasteiger partial charge in [-0.2, -0.15) is 0 Å². The first kappa shape index (κ1) is 21.6. The summed E-state index contributed by atoms with van der Waals surface area (Å²) in [5.74, 6) is -1.51. The molecule has 0 aliphatic rings. The molecular weight excluding hydrogens is 436 g/mol. The summed E-state index contributed by atoms with van der Waals surface area (Å²) in [6.45, 7) is 5.56. The van der Waals surface area contributed by atoms with E-state index in [9.17, 15) is 9.59 Å². The van der Waals surface area contributed by atoms with Gasteiger partial charge in [-0.25, -0.2) is 9.59 Å². The van der Waals surface area contributed by atoms with E-state index < -0.39 is 11.9 Å². The molecule has 4 N–H and O–H groups in total. The molecule has 166 valence electrons. The summed E-state index contributed by atoms with van der Waals surface area (Å²) in [6, 6.07) is 6.92. The molecule has 8 nitrogen and oxygen atoms in total. The molecule has 0 spiro atoms. The predicted octanol–water partition coefficient (Wildman–Crippen LogP) is 5.33. The van der Waals surface area contributed by atoms with Crippen molar-refractivity contribution in [2.45, 2.75) is 20.8 Å². The zero-order valence-corrected chi connectivity index (χ0v) is 18.5. The van der Waals surface area contributed by atoms with Crippen LogP contribution in [0.15, 0.2) is 33.1 Å². The highest BCUT2D eigenvalue weighted by molar-refractivity contribution is 6.32. The van der Waals surface area contributed by atoms with Crippen LogP contribution in [0, 0.1) is 6.92 Å². The van der Waals surface area contributed by atoms with E-state index in [2.05, 4.69) is 0 Å². The third-order valence-corrected chi connectivity index (χ3v) is 5.51. The van der Waals surface area contributed by atoms with Gasteiger partial charge in [0, 0.05) is 21.4 Å². The number of aryl methyl sites for hydroxylation is 1. The molecule has 0 unspecified atom stereocenters. The van der Waals surface area contributed by atoms with Crippen LogP contribution in [-0.4, -0.2) is 25.2 Å². The van der Waals surface area contributed by atoms with Crippen molar-refractivity contribution in [3.8, 4) is 11.1 Å². The van der Waals surface area contributed by atoms with Gasteiger partial charge in [0.2, 0.25) is 11.8 Å². The number of hydrogen-bond acceptors (Lipinski definition) is 8. The lowest BCUT2D eigenvalue weighted by Gasteiger charge is -2.09. The second kappa shape index (κ2) is 8.12. The molecule has 4 aromatic rings. The molecule has 0 aliphatic heterocycles. The van der Waals surface area contributed by atoms with Crippen LogP contribution < -0.4 is 11.5 Å². The van der Waals surface area contributed by atoms with Crippen molar-refractivity contribution in [3.63, 3.8) is 0 Å². The highest BCUT2D eigenvalue weighted by Gasteiger charge is 2.30. The lowest BCUT2D eigenvalue weighted by Crippen LogP contribution is -2.07. The van der Waals surface area contributed by atoms with Crippen molar-refractivity contribution in [1.82, 2.24) is 0 Å². The van der Waals surface area contributed by atoms with Crippen LogP contribution in [0.4, 0.5) is 11.8 Å². The number of nitrogens with two attached hydrogens (primary N) is 2. The fourth-order valence-electron chi connectivity index (χ4n) is 3.69. The van der Waals surface area contributed by atoms with Gasteiger partial charge < -0.3 is 29.8 Å². The van der Waals surface area contributed by atoms with E-state index in [-0.39, 0.29) is 47.3 Å². The van der Waals surface area contributed by atoms with Crippen LogP contribution in [0.1, 0.15) is 40.1 Å². The van der Waals surface area contributed by atoms with Crippen LogP contribution in [-0.2, 0) is 9.47 Å². The number of esters is 2. The Balaban J connectivity index is 2.17. The number of nitrogen functional groups attached to an aromatic ring is 2. The minimum Gasteiger partial charge on any atom is -0.462 e. The number of furan rings is 2. The monoisotopic (exact) mass is 456 g/mol. The Bertz CT molecular complexity index is 1380. The van der Waals surface area contributed by atoms with Gasteiger partial charge in [-0.15, -0.1) is 0 Å². The number of anilines is 2. The molecule has 0 atom stereocenters. The Labute approximate surface area is 188 Å². The number of carbonyl (C=O) groups excluding carboxylic acids is 2. The van der Waals surface area contributed by atoms with Crippen LogP contribution >= 0.6 is 11.6 Å². The summed E-state index contributed by atoms with van der Waals surface area (Å²) in [5.41, 5.74) is 14.7. The zero-order chi connectivity index (χ0) is 23.2. The molecular formula is C23H21ClN2O6. The van der Waals surface area contributed by atoms with Gasteiger partial charge in [0.25, 0.3) is 0 Å². The third kappa shape index (κ3) is 3.33. The SMILES string of the molecule is CCOC(=O)c1c(N)oc2c(-c3ccc(C)c(Cl)c3)c3c(C(=O)OCC)c(N)oc3cc12. The normalized spacial score (nSPS) is 11.2. The van der Waals surface area contributed by atoms with Crippen molar-refractivity contribution in [1.29, 1.82) is 0 Å². The molecule has 9 heteroatoms. The van der Waals surface area contributed by atoms with Crippen molar-refractivity contribution in [2.75, 3.05) is 24.7 Å². The standard InChI is InChI=1S/C23H21ClN2O6/c1-4-29-22(27)16-12-9-14-17(18(21(26)31-14)23(28)30-5-2)15(19(12)32-20(16)25)11-7-6-10(3)13(24)8-11/h6-9H,4-5,25-26H2,1-3H3. The van der Waals surface area contributed by atoms with Gasteiger partial charge >= 0.3 is 11.9 Å². The van der Waals surface area contributed by atoms with Crippen molar-refractivity contribution >= 4 is 57.2 Å². The Morgan fingerprint density at radius 3 is 2.22 bits per heavy atom. The number of ether oxygens (including phenoxy) is 2. The Hall–Kier alpha value is -3.65. The molecule has 0 saturated carbocycles. The van der Waals surface area contributed by atoms with Gasteiger partial charge in [0.15, 0.2) is 0 Å². The third-order valence-electron chi connectivity index (χ3n) is 5.11. The lowest BCUT2D eigenvalue weighted by molar-refractivity contribution is 0.0519.